The van der Waals surface area contributed by atoms with Crippen molar-refractivity contribution in [3.63, 3.8) is 0 Å². The van der Waals surface area contributed by atoms with Gasteiger partial charge < -0.3 is 15.1 Å². The van der Waals surface area contributed by atoms with Crippen LogP contribution in [0.2, 0.25) is 0 Å². The zero-order chi connectivity index (χ0) is 23.1. The minimum absolute atomic E-state index is 0.0184. The Morgan fingerprint density at radius 1 is 1.19 bits per heavy atom. The lowest BCUT2D eigenvalue weighted by atomic mass is 10.1. The quantitative estimate of drug-likeness (QED) is 0.367. The maximum absolute atomic E-state index is 13.0. The highest BCUT2D eigenvalue weighted by Crippen LogP contribution is 2.24. The number of nitrogens with one attached hydrogen (secondary N) is 1. The summed E-state index contributed by atoms with van der Waals surface area (Å²) in [7, 11) is 2.05. The summed E-state index contributed by atoms with van der Waals surface area (Å²) in [6, 6.07) is 14.0. The SMILES string of the molecule is Cc1cc(C(=O)N2CCCC2C(=O)NCCCCN(C)c2ccccc2)ccc1[N+](=O)[O-]. The Morgan fingerprint density at radius 3 is 2.62 bits per heavy atom. The lowest BCUT2D eigenvalue weighted by Crippen LogP contribution is -2.46. The number of aryl methyl sites for hydroxylation is 1. The summed E-state index contributed by atoms with van der Waals surface area (Å²) >= 11 is 0. The Morgan fingerprint density at radius 2 is 1.94 bits per heavy atom. The van der Waals surface area contributed by atoms with Crippen molar-refractivity contribution in [2.24, 2.45) is 0 Å². The van der Waals surface area contributed by atoms with Crippen molar-refractivity contribution in [2.45, 2.75) is 38.6 Å². The van der Waals surface area contributed by atoms with Crippen LogP contribution in [-0.4, -0.2) is 54.4 Å². The Kier molecular flexibility index (Phi) is 7.81. The maximum atomic E-state index is 13.0. The first kappa shape index (κ1) is 23.2. The fourth-order valence-electron chi connectivity index (χ4n) is 4.06. The molecule has 170 valence electrons. The minimum atomic E-state index is -0.495. The molecule has 1 unspecified atom stereocenters. The number of likely N-dealkylation sites (tertiary alicyclic amines) is 1. The molecule has 1 heterocycles. The van der Waals surface area contributed by atoms with Gasteiger partial charge in [-0.3, -0.25) is 19.7 Å². The molecule has 0 aliphatic carbocycles. The van der Waals surface area contributed by atoms with Gasteiger partial charge in [0.05, 0.1) is 4.92 Å². The normalized spacial score (nSPS) is 15.4. The number of amides is 2. The number of benzene rings is 2. The first-order valence-electron chi connectivity index (χ1n) is 11.0. The molecular formula is C24H30N4O4. The van der Waals surface area contributed by atoms with Crippen LogP contribution in [0.15, 0.2) is 48.5 Å². The number of para-hydroxylation sites is 1. The lowest BCUT2D eigenvalue weighted by Gasteiger charge is -2.24. The molecule has 0 aromatic heterocycles. The predicted molar refractivity (Wildman–Crippen MR) is 124 cm³/mol. The topological polar surface area (TPSA) is 95.8 Å². The molecule has 32 heavy (non-hydrogen) atoms. The van der Waals surface area contributed by atoms with Crippen molar-refractivity contribution in [3.05, 3.63) is 69.8 Å². The van der Waals surface area contributed by atoms with Crippen molar-refractivity contribution >= 4 is 23.2 Å². The van der Waals surface area contributed by atoms with Gasteiger partial charge >= 0.3 is 0 Å². The second-order valence-electron chi connectivity index (χ2n) is 8.17. The van der Waals surface area contributed by atoms with Gasteiger partial charge in [-0.25, -0.2) is 0 Å². The number of hydrogen-bond donors (Lipinski definition) is 1. The van der Waals surface area contributed by atoms with Crippen LogP contribution < -0.4 is 10.2 Å². The Bertz CT molecular complexity index is 964. The Balaban J connectivity index is 1.48. The number of carbonyl (C=O) groups is 2. The van der Waals surface area contributed by atoms with Gasteiger partial charge in [0.15, 0.2) is 0 Å². The van der Waals surface area contributed by atoms with Gasteiger partial charge in [0, 0.05) is 49.6 Å². The molecular weight excluding hydrogens is 408 g/mol. The van der Waals surface area contributed by atoms with Crippen molar-refractivity contribution in [1.82, 2.24) is 10.2 Å². The Labute approximate surface area is 188 Å². The summed E-state index contributed by atoms with van der Waals surface area (Å²) in [5, 5.41) is 14.0. The number of hydrogen-bond acceptors (Lipinski definition) is 5. The van der Waals surface area contributed by atoms with E-state index in [9.17, 15) is 19.7 Å². The molecule has 1 N–H and O–H groups in total. The zero-order valence-corrected chi connectivity index (χ0v) is 18.6. The molecule has 1 saturated heterocycles. The van der Waals surface area contributed by atoms with Gasteiger partial charge in [0.2, 0.25) is 5.91 Å². The van der Waals surface area contributed by atoms with Crippen LogP contribution in [0, 0.1) is 17.0 Å². The van der Waals surface area contributed by atoms with Crippen LogP contribution >= 0.6 is 0 Å². The van der Waals surface area contributed by atoms with Crippen molar-refractivity contribution in [2.75, 3.05) is 31.6 Å². The van der Waals surface area contributed by atoms with Crippen LogP contribution in [0.3, 0.4) is 0 Å². The van der Waals surface area contributed by atoms with Crippen LogP contribution in [0.1, 0.15) is 41.6 Å². The molecule has 2 aromatic carbocycles. The van der Waals surface area contributed by atoms with Gasteiger partial charge in [-0.05, 0) is 56.9 Å². The number of unbranched alkanes of at least 4 members (excludes halogenated alkanes) is 1. The second kappa shape index (κ2) is 10.7. The average molecular weight is 439 g/mol. The Hall–Kier alpha value is -3.42. The summed E-state index contributed by atoms with van der Waals surface area (Å²) in [5.74, 6) is -0.393. The van der Waals surface area contributed by atoms with E-state index in [1.54, 1.807) is 11.8 Å². The lowest BCUT2D eigenvalue weighted by molar-refractivity contribution is -0.385. The molecule has 2 aromatic rings. The molecule has 0 bridgehead atoms. The van der Waals surface area contributed by atoms with Gasteiger partial charge in [-0.15, -0.1) is 0 Å². The number of rotatable bonds is 9. The van der Waals surface area contributed by atoms with Gasteiger partial charge in [0.25, 0.3) is 11.6 Å². The number of nitro benzene ring substituents is 1. The third-order valence-corrected chi connectivity index (χ3v) is 5.87. The monoisotopic (exact) mass is 438 g/mol. The molecule has 0 spiro atoms. The first-order valence-corrected chi connectivity index (χ1v) is 11.0. The average Bonchev–Trinajstić information content (AvgIpc) is 3.28. The largest absolute Gasteiger partial charge is 0.375 e. The molecule has 1 fully saturated rings. The predicted octanol–water partition coefficient (Wildman–Crippen LogP) is 3.54. The number of nitro groups is 1. The molecule has 3 rings (SSSR count). The fraction of sp³-hybridized carbons (Fsp3) is 0.417. The smallest absolute Gasteiger partial charge is 0.272 e. The van der Waals surface area contributed by atoms with Crippen molar-refractivity contribution < 1.29 is 14.5 Å². The van der Waals surface area contributed by atoms with E-state index >= 15 is 0 Å². The molecule has 1 aliphatic rings. The highest BCUT2D eigenvalue weighted by Gasteiger charge is 2.34. The van der Waals surface area contributed by atoms with E-state index in [0.29, 0.717) is 30.6 Å². The van der Waals surface area contributed by atoms with Crippen LogP contribution in [0.4, 0.5) is 11.4 Å². The first-order chi connectivity index (χ1) is 15.4. The van der Waals surface area contributed by atoms with E-state index in [4.69, 9.17) is 0 Å². The molecule has 1 atom stereocenters. The van der Waals surface area contributed by atoms with Gasteiger partial charge in [-0.1, -0.05) is 18.2 Å². The number of nitrogens with zero attached hydrogens (tertiary/aromatic N) is 3. The van der Waals surface area contributed by atoms with E-state index in [1.165, 1.54) is 18.2 Å². The molecule has 2 amide bonds. The fourth-order valence-corrected chi connectivity index (χ4v) is 4.06. The number of anilines is 1. The standard InChI is InChI=1S/C24H30N4O4/c1-18-17-19(12-13-21(18)28(31)32)24(30)27-16-8-11-22(27)23(29)25-14-6-7-15-26(2)20-9-4-3-5-10-20/h3-5,9-10,12-13,17,22H,6-8,11,14-16H2,1-2H3,(H,25,29). The highest BCUT2D eigenvalue weighted by molar-refractivity contribution is 5.98. The third kappa shape index (κ3) is 5.63. The third-order valence-electron chi connectivity index (χ3n) is 5.87. The van der Waals surface area contributed by atoms with E-state index < -0.39 is 11.0 Å². The highest BCUT2D eigenvalue weighted by atomic mass is 16.6. The minimum Gasteiger partial charge on any atom is -0.375 e. The van der Waals surface area contributed by atoms with Crippen LogP contribution in [0.5, 0.6) is 0 Å². The van der Waals surface area contributed by atoms with E-state index in [-0.39, 0.29) is 17.5 Å². The van der Waals surface area contributed by atoms with Gasteiger partial charge in [-0.2, -0.15) is 0 Å². The van der Waals surface area contributed by atoms with E-state index in [1.807, 2.05) is 18.2 Å². The summed E-state index contributed by atoms with van der Waals surface area (Å²) in [6.07, 6.45) is 3.18. The maximum Gasteiger partial charge on any atom is 0.272 e. The summed E-state index contributed by atoms with van der Waals surface area (Å²) in [4.78, 5) is 40.0. The summed E-state index contributed by atoms with van der Waals surface area (Å²) < 4.78 is 0. The van der Waals surface area contributed by atoms with E-state index in [2.05, 4.69) is 29.4 Å². The molecule has 0 saturated carbocycles. The molecule has 1 aliphatic heterocycles. The van der Waals surface area contributed by atoms with E-state index in [0.717, 1.165) is 31.5 Å². The number of carbonyl (C=O) groups excluding carboxylic acids is 2. The zero-order valence-electron chi connectivity index (χ0n) is 18.6. The van der Waals surface area contributed by atoms with Crippen molar-refractivity contribution in [1.29, 1.82) is 0 Å². The van der Waals surface area contributed by atoms with Gasteiger partial charge in [0.1, 0.15) is 6.04 Å². The van der Waals surface area contributed by atoms with Crippen molar-refractivity contribution in [3.8, 4) is 0 Å². The molecule has 8 nitrogen and oxygen atoms in total. The molecule has 0 radical (unpaired) electrons. The molecule has 8 heteroatoms. The van der Waals surface area contributed by atoms with Crippen LogP contribution in [0.25, 0.3) is 0 Å². The van der Waals surface area contributed by atoms with Crippen LogP contribution in [-0.2, 0) is 4.79 Å². The second-order valence-corrected chi connectivity index (χ2v) is 8.17. The summed E-state index contributed by atoms with van der Waals surface area (Å²) in [6.45, 7) is 3.58. The summed E-state index contributed by atoms with van der Waals surface area (Å²) in [5.41, 5.74) is 1.95.